The third-order valence-electron chi connectivity index (χ3n) is 2.38. The van der Waals surface area contributed by atoms with Crippen LogP contribution in [0, 0.1) is 6.58 Å². The topological polar surface area (TPSA) is 35.5 Å². The van der Waals surface area contributed by atoms with Crippen LogP contribution in [0.5, 0.6) is 0 Å². The van der Waals surface area contributed by atoms with Gasteiger partial charge in [0.05, 0.1) is 13.2 Å². The van der Waals surface area contributed by atoms with Gasteiger partial charge in [-0.1, -0.05) is 58.9 Å². The molecule has 0 N–H and O–H groups in total. The summed E-state index contributed by atoms with van der Waals surface area (Å²) in [6.45, 7) is 21.4. The van der Waals surface area contributed by atoms with Crippen molar-refractivity contribution in [2.24, 2.45) is 0 Å². The Morgan fingerprint density at radius 2 is 1.25 bits per heavy atom. The first kappa shape index (κ1) is 21.7. The van der Waals surface area contributed by atoms with Crippen molar-refractivity contribution in [3.63, 3.8) is 0 Å². The molecule has 0 saturated carbocycles. The highest BCUT2D eigenvalue weighted by Gasteiger charge is 2.16. The average Bonchev–Trinajstić information content (AvgIpc) is 2.26. The highest BCUT2D eigenvalue weighted by atomic mass is 28.3. The zero-order valence-electron chi connectivity index (χ0n) is 14.4. The first-order valence-electron chi connectivity index (χ1n) is 7.35. The zero-order valence-corrected chi connectivity index (χ0v) is 16.4. The maximum Gasteiger partial charge on any atom is 0.508 e. The summed E-state index contributed by atoms with van der Waals surface area (Å²) in [6, 6.07) is 1.99. The molecule has 1 radical (unpaired) electrons. The van der Waals surface area contributed by atoms with E-state index in [1.165, 1.54) is 0 Å². The number of carbonyl (C=O) groups is 1. The van der Waals surface area contributed by atoms with Crippen LogP contribution in [-0.4, -0.2) is 35.5 Å². The molecule has 0 aliphatic heterocycles. The van der Waals surface area contributed by atoms with Crippen LogP contribution in [0.1, 0.15) is 13.3 Å². The average molecular weight is 318 g/mol. The minimum absolute atomic E-state index is 0.501. The van der Waals surface area contributed by atoms with Crippen LogP contribution in [0.4, 0.5) is 4.79 Å². The Bertz CT molecular complexity index is 243. The lowest BCUT2D eigenvalue weighted by molar-refractivity contribution is 0.0626. The van der Waals surface area contributed by atoms with Crippen molar-refractivity contribution in [1.29, 1.82) is 0 Å². The maximum atomic E-state index is 11.2. The second-order valence-corrected chi connectivity index (χ2v) is 18.5. The molecule has 0 spiro atoms. The molecule has 0 saturated heterocycles. The number of carbonyl (C=O) groups excluding carboxylic acids is 1. The van der Waals surface area contributed by atoms with Gasteiger partial charge in [-0.2, -0.15) is 0 Å². The molecule has 0 unspecified atom stereocenters. The van der Waals surface area contributed by atoms with E-state index in [-0.39, 0.29) is 0 Å². The van der Waals surface area contributed by atoms with E-state index in [1.54, 1.807) is 6.08 Å². The molecule has 0 amide bonds. The van der Waals surface area contributed by atoms with Crippen LogP contribution < -0.4 is 0 Å². The van der Waals surface area contributed by atoms with E-state index in [0.717, 1.165) is 18.5 Å². The van der Waals surface area contributed by atoms with Crippen molar-refractivity contribution in [2.45, 2.75) is 64.7 Å². The Hall–Kier alpha value is -0.556. The van der Waals surface area contributed by atoms with Crippen LogP contribution in [0.2, 0.25) is 51.4 Å². The van der Waals surface area contributed by atoms with E-state index in [2.05, 4.69) is 39.3 Å². The molecule has 119 valence electrons. The highest BCUT2D eigenvalue weighted by molar-refractivity contribution is 6.76. The lowest BCUT2D eigenvalue weighted by Crippen LogP contribution is -2.24. The van der Waals surface area contributed by atoms with E-state index in [0.29, 0.717) is 13.2 Å². The Morgan fingerprint density at radius 1 is 0.950 bits per heavy atom. The van der Waals surface area contributed by atoms with Crippen molar-refractivity contribution in [3.8, 4) is 0 Å². The molecule has 0 fully saturated rings. The predicted molar refractivity (Wildman–Crippen MR) is 92.8 cm³/mol. The first-order valence-corrected chi connectivity index (χ1v) is 14.8. The molecule has 0 aromatic rings. The quantitative estimate of drug-likeness (QED) is 0.478. The van der Waals surface area contributed by atoms with Crippen molar-refractivity contribution < 1.29 is 14.3 Å². The van der Waals surface area contributed by atoms with E-state index in [9.17, 15) is 4.79 Å². The van der Waals surface area contributed by atoms with Gasteiger partial charge < -0.3 is 9.47 Å². The molecule has 0 heterocycles. The predicted octanol–water partition coefficient (Wildman–Crippen LogP) is 5.20. The summed E-state index contributed by atoms with van der Waals surface area (Å²) in [7, 11) is -2.22. The molecule has 0 aliphatic carbocycles. The molecule has 0 aliphatic rings. The smallest absolute Gasteiger partial charge is 0.435 e. The molecular weight excluding hydrogens is 284 g/mol. The summed E-state index contributed by atoms with van der Waals surface area (Å²) < 4.78 is 10.0. The SMILES string of the molecule is C[Si](C)(C)CCOC(=O)OCC[Si](C)(C)C.[CH]=CCC. The van der Waals surface area contributed by atoms with E-state index in [1.807, 2.05) is 6.92 Å². The molecule has 0 atom stereocenters. The van der Waals surface area contributed by atoms with Crippen LogP contribution in [0.15, 0.2) is 6.08 Å². The Balaban J connectivity index is 0. The monoisotopic (exact) mass is 317 g/mol. The molecule has 20 heavy (non-hydrogen) atoms. The van der Waals surface area contributed by atoms with Crippen molar-refractivity contribution in [3.05, 3.63) is 12.7 Å². The van der Waals surface area contributed by atoms with Crippen molar-refractivity contribution in [2.75, 3.05) is 13.2 Å². The normalized spacial score (nSPS) is 11.2. The Labute approximate surface area is 127 Å². The molecule has 0 aromatic heterocycles. The van der Waals surface area contributed by atoms with E-state index < -0.39 is 22.3 Å². The minimum atomic E-state index is -1.11. The summed E-state index contributed by atoms with van der Waals surface area (Å²) in [5.41, 5.74) is 0. The van der Waals surface area contributed by atoms with Gasteiger partial charge in [0.25, 0.3) is 0 Å². The number of hydrogen-bond donors (Lipinski definition) is 0. The molecule has 0 aromatic carbocycles. The lowest BCUT2D eigenvalue weighted by atomic mass is 10.5. The van der Waals surface area contributed by atoms with E-state index >= 15 is 0 Å². The summed E-state index contributed by atoms with van der Waals surface area (Å²) >= 11 is 0. The Morgan fingerprint density at radius 3 is 1.45 bits per heavy atom. The number of hydrogen-bond acceptors (Lipinski definition) is 3. The van der Waals surface area contributed by atoms with Gasteiger partial charge in [-0.3, -0.25) is 0 Å². The molecule has 3 nitrogen and oxygen atoms in total. The standard InChI is InChI=1S/C11H26O3Si2.C4H7/c1-15(2,3)9-7-13-11(12)14-8-10-16(4,5)6;1-3-4-2/h7-10H2,1-6H3;1,3H,4H2,2H3. The fourth-order valence-corrected chi connectivity index (χ4v) is 2.35. The summed E-state index contributed by atoms with van der Waals surface area (Å²) in [4.78, 5) is 11.2. The maximum absolute atomic E-state index is 11.2. The van der Waals surface area contributed by atoms with Gasteiger partial charge in [0.1, 0.15) is 0 Å². The summed E-state index contributed by atoms with van der Waals surface area (Å²) in [5.74, 6) is 0. The molecule has 5 heteroatoms. The number of rotatable bonds is 7. The van der Waals surface area contributed by atoms with Gasteiger partial charge in [0, 0.05) is 16.1 Å². The largest absolute Gasteiger partial charge is 0.508 e. The van der Waals surface area contributed by atoms with Gasteiger partial charge >= 0.3 is 6.16 Å². The minimum Gasteiger partial charge on any atom is -0.435 e. The van der Waals surface area contributed by atoms with Crippen LogP contribution >= 0.6 is 0 Å². The van der Waals surface area contributed by atoms with Crippen LogP contribution in [0.25, 0.3) is 0 Å². The molecule has 0 rings (SSSR count). The number of ether oxygens (including phenoxy) is 2. The van der Waals surface area contributed by atoms with Crippen molar-refractivity contribution in [1.82, 2.24) is 0 Å². The lowest BCUT2D eigenvalue weighted by Gasteiger charge is -2.16. The fraction of sp³-hybridized carbons (Fsp3) is 0.800. The van der Waals surface area contributed by atoms with Gasteiger partial charge in [0.2, 0.25) is 0 Å². The van der Waals surface area contributed by atoms with Gasteiger partial charge in [-0.15, -0.1) is 0 Å². The number of allylic oxidation sites excluding steroid dienone is 1. The second kappa shape index (κ2) is 11.1. The second-order valence-electron chi connectivity index (χ2n) is 7.21. The summed E-state index contributed by atoms with van der Waals surface area (Å²) in [6.07, 6.45) is 2.09. The third kappa shape index (κ3) is 22.6. The first-order chi connectivity index (χ1) is 9.02. The van der Waals surface area contributed by atoms with Crippen molar-refractivity contribution >= 4 is 22.3 Å². The third-order valence-corrected chi connectivity index (χ3v) is 5.79. The summed E-state index contributed by atoms with van der Waals surface area (Å²) in [5, 5.41) is 0. The van der Waals surface area contributed by atoms with Crippen LogP contribution in [-0.2, 0) is 9.47 Å². The zero-order chi connectivity index (χ0) is 16.2. The molecular formula is C15H33O3Si2. The fourth-order valence-electron chi connectivity index (χ4n) is 0.923. The molecule has 0 bridgehead atoms. The van der Waals surface area contributed by atoms with Gasteiger partial charge in [-0.25, -0.2) is 4.79 Å². The Kier molecular flexibility index (Phi) is 12.1. The van der Waals surface area contributed by atoms with E-state index in [4.69, 9.17) is 16.1 Å². The van der Waals surface area contributed by atoms with Gasteiger partial charge in [0.15, 0.2) is 0 Å². The highest BCUT2D eigenvalue weighted by Crippen LogP contribution is 2.09. The van der Waals surface area contributed by atoms with Gasteiger partial charge in [-0.05, 0) is 18.5 Å². The van der Waals surface area contributed by atoms with Crippen LogP contribution in [0.3, 0.4) is 0 Å².